The van der Waals surface area contributed by atoms with Crippen LogP contribution in [0.5, 0.6) is 5.75 Å². The van der Waals surface area contributed by atoms with Crippen LogP contribution >= 0.6 is 27.3 Å². The van der Waals surface area contributed by atoms with Gasteiger partial charge in [0.05, 0.1) is 7.11 Å². The molecule has 1 aliphatic rings. The molecule has 1 aromatic carbocycles. The molecule has 7 nitrogen and oxygen atoms in total. The standard InChI is InChI=1S/C16H19BrN2O5S3/c1-24-14-5-4-12(17)11-15(14)27(22,23)19-8-6-13(7-9-19)18-26(20,21)16-3-2-10-25-16/h2-5,10-11,13,18H,6-9H2,1H3. The summed E-state index contributed by atoms with van der Waals surface area (Å²) < 4.78 is 60.8. The number of benzene rings is 1. The van der Waals surface area contributed by atoms with E-state index in [2.05, 4.69) is 20.7 Å². The number of ether oxygens (including phenoxy) is 1. The normalized spacial score (nSPS) is 17.1. The van der Waals surface area contributed by atoms with Crippen LogP contribution in [0.15, 0.2) is 49.3 Å². The van der Waals surface area contributed by atoms with Crippen LogP contribution in [0.3, 0.4) is 0 Å². The molecule has 2 heterocycles. The fraction of sp³-hybridized carbons (Fsp3) is 0.375. The average Bonchev–Trinajstić information content (AvgIpc) is 3.17. The number of thiophene rings is 1. The Balaban J connectivity index is 1.71. The van der Waals surface area contributed by atoms with Crippen molar-refractivity contribution in [3.63, 3.8) is 0 Å². The number of hydrogen-bond acceptors (Lipinski definition) is 6. The van der Waals surface area contributed by atoms with E-state index >= 15 is 0 Å². The first-order valence-electron chi connectivity index (χ1n) is 8.13. The summed E-state index contributed by atoms with van der Waals surface area (Å²) in [4.78, 5) is 0.0944. The van der Waals surface area contributed by atoms with E-state index in [4.69, 9.17) is 4.74 Å². The molecule has 11 heteroatoms. The van der Waals surface area contributed by atoms with Crippen molar-refractivity contribution < 1.29 is 21.6 Å². The van der Waals surface area contributed by atoms with Crippen LogP contribution in [-0.2, 0) is 20.0 Å². The lowest BCUT2D eigenvalue weighted by molar-refractivity contribution is 0.307. The Hall–Kier alpha value is -0.980. The van der Waals surface area contributed by atoms with Gasteiger partial charge in [-0.15, -0.1) is 11.3 Å². The SMILES string of the molecule is COc1ccc(Br)cc1S(=O)(=O)N1CCC(NS(=O)(=O)c2cccs2)CC1. The van der Waals surface area contributed by atoms with Gasteiger partial charge in [0.15, 0.2) is 0 Å². The summed E-state index contributed by atoms with van der Waals surface area (Å²) in [6.07, 6.45) is 0.806. The third-order valence-corrected chi connectivity index (χ3v) is 9.61. The quantitative estimate of drug-likeness (QED) is 0.666. The molecule has 148 valence electrons. The second kappa shape index (κ2) is 8.18. The van der Waals surface area contributed by atoms with Gasteiger partial charge in [0.25, 0.3) is 0 Å². The van der Waals surface area contributed by atoms with E-state index in [-0.39, 0.29) is 34.0 Å². The molecule has 0 saturated carbocycles. The minimum absolute atomic E-state index is 0.0944. The molecule has 0 bridgehead atoms. The van der Waals surface area contributed by atoms with Gasteiger partial charge >= 0.3 is 0 Å². The zero-order valence-electron chi connectivity index (χ0n) is 14.5. The molecule has 1 aliphatic heterocycles. The highest BCUT2D eigenvalue weighted by Crippen LogP contribution is 2.31. The molecular formula is C16H19BrN2O5S3. The highest BCUT2D eigenvalue weighted by Gasteiger charge is 2.33. The highest BCUT2D eigenvalue weighted by atomic mass is 79.9. The number of hydrogen-bond donors (Lipinski definition) is 1. The average molecular weight is 495 g/mol. The largest absolute Gasteiger partial charge is 0.495 e. The molecule has 0 amide bonds. The predicted octanol–water partition coefficient (Wildman–Crippen LogP) is 2.65. The van der Waals surface area contributed by atoms with Gasteiger partial charge < -0.3 is 4.74 Å². The third-order valence-electron chi connectivity index (χ3n) is 4.28. The zero-order valence-corrected chi connectivity index (χ0v) is 18.5. The van der Waals surface area contributed by atoms with Crippen LogP contribution in [-0.4, -0.2) is 47.4 Å². The van der Waals surface area contributed by atoms with E-state index < -0.39 is 20.0 Å². The second-order valence-electron chi connectivity index (χ2n) is 6.03. The first-order valence-corrected chi connectivity index (χ1v) is 12.7. The van der Waals surface area contributed by atoms with E-state index in [1.807, 2.05) is 0 Å². The Morgan fingerprint density at radius 2 is 1.89 bits per heavy atom. The van der Waals surface area contributed by atoms with Gasteiger partial charge in [-0.3, -0.25) is 0 Å². The lowest BCUT2D eigenvalue weighted by Gasteiger charge is -2.31. The van der Waals surface area contributed by atoms with Crippen LogP contribution < -0.4 is 9.46 Å². The van der Waals surface area contributed by atoms with Crippen LogP contribution in [0.1, 0.15) is 12.8 Å². The van der Waals surface area contributed by atoms with Gasteiger partial charge in [-0.05, 0) is 42.5 Å². The number of piperidine rings is 1. The minimum atomic E-state index is -3.73. The summed E-state index contributed by atoms with van der Waals surface area (Å²) >= 11 is 4.44. The van der Waals surface area contributed by atoms with Gasteiger partial charge in [-0.25, -0.2) is 21.6 Å². The molecule has 2 aromatic rings. The number of halogens is 1. The second-order valence-corrected chi connectivity index (χ2v) is 11.7. The lowest BCUT2D eigenvalue weighted by Crippen LogP contribution is -2.46. The first kappa shape index (κ1) is 20.7. The first-order chi connectivity index (χ1) is 12.7. The van der Waals surface area contributed by atoms with Gasteiger partial charge in [-0.2, -0.15) is 4.31 Å². The van der Waals surface area contributed by atoms with Crippen molar-refractivity contribution in [2.75, 3.05) is 20.2 Å². The maximum absolute atomic E-state index is 13.0. The molecule has 0 spiro atoms. The van der Waals surface area contributed by atoms with Gasteiger partial charge in [0.1, 0.15) is 14.9 Å². The van der Waals surface area contributed by atoms with Crippen LogP contribution in [0.2, 0.25) is 0 Å². The zero-order chi connectivity index (χ0) is 19.7. The fourth-order valence-corrected chi connectivity index (χ4v) is 7.38. The fourth-order valence-electron chi connectivity index (χ4n) is 2.90. The van der Waals surface area contributed by atoms with Gasteiger partial charge in [-0.1, -0.05) is 22.0 Å². The molecule has 0 atom stereocenters. The molecule has 3 rings (SSSR count). The molecule has 27 heavy (non-hydrogen) atoms. The summed E-state index contributed by atoms with van der Waals surface area (Å²) in [5, 5.41) is 1.70. The molecule has 0 unspecified atom stereocenters. The Bertz CT molecular complexity index is 999. The van der Waals surface area contributed by atoms with E-state index in [1.54, 1.807) is 29.6 Å². The van der Waals surface area contributed by atoms with Crippen LogP contribution in [0.25, 0.3) is 0 Å². The summed E-state index contributed by atoms with van der Waals surface area (Å²) in [7, 11) is -5.87. The van der Waals surface area contributed by atoms with E-state index in [9.17, 15) is 16.8 Å². The summed E-state index contributed by atoms with van der Waals surface area (Å²) in [5.41, 5.74) is 0. The van der Waals surface area contributed by atoms with Crippen molar-refractivity contribution in [3.8, 4) is 5.75 Å². The third kappa shape index (κ3) is 4.54. The van der Waals surface area contributed by atoms with E-state index in [0.29, 0.717) is 17.3 Å². The molecule has 1 saturated heterocycles. The summed E-state index contributed by atoms with van der Waals surface area (Å²) in [6.45, 7) is 0.464. The predicted molar refractivity (Wildman–Crippen MR) is 107 cm³/mol. The molecular weight excluding hydrogens is 476 g/mol. The highest BCUT2D eigenvalue weighted by molar-refractivity contribution is 9.10. The van der Waals surface area contributed by atoms with Crippen molar-refractivity contribution in [3.05, 3.63) is 40.2 Å². The summed E-state index contributed by atoms with van der Waals surface area (Å²) in [5.74, 6) is 0.277. The molecule has 1 N–H and O–H groups in total. The van der Waals surface area contributed by atoms with Crippen molar-refractivity contribution in [2.24, 2.45) is 0 Å². The van der Waals surface area contributed by atoms with Gasteiger partial charge in [0.2, 0.25) is 20.0 Å². The molecule has 0 aliphatic carbocycles. The molecule has 0 radical (unpaired) electrons. The van der Waals surface area contributed by atoms with Crippen molar-refractivity contribution >= 4 is 47.3 Å². The molecule has 1 fully saturated rings. The maximum Gasteiger partial charge on any atom is 0.250 e. The maximum atomic E-state index is 13.0. The van der Waals surface area contributed by atoms with E-state index in [0.717, 1.165) is 11.3 Å². The minimum Gasteiger partial charge on any atom is -0.495 e. The number of nitrogens with one attached hydrogen (secondary N) is 1. The topological polar surface area (TPSA) is 92.8 Å². The number of methoxy groups -OCH3 is 1. The van der Waals surface area contributed by atoms with Crippen molar-refractivity contribution in [1.29, 1.82) is 0 Å². The summed E-state index contributed by atoms with van der Waals surface area (Å²) in [6, 6.07) is 7.75. The van der Waals surface area contributed by atoms with E-state index in [1.165, 1.54) is 17.5 Å². The van der Waals surface area contributed by atoms with Crippen molar-refractivity contribution in [1.82, 2.24) is 9.03 Å². The van der Waals surface area contributed by atoms with Crippen LogP contribution in [0.4, 0.5) is 0 Å². The Kier molecular flexibility index (Phi) is 6.28. The smallest absolute Gasteiger partial charge is 0.250 e. The molecule has 1 aromatic heterocycles. The monoisotopic (exact) mass is 494 g/mol. The number of rotatable bonds is 6. The lowest BCUT2D eigenvalue weighted by atomic mass is 10.1. The number of sulfonamides is 2. The Labute approximate surface area is 171 Å². The van der Waals surface area contributed by atoms with Crippen molar-refractivity contribution in [2.45, 2.75) is 28.0 Å². The number of nitrogens with zero attached hydrogens (tertiary/aromatic N) is 1. The Morgan fingerprint density at radius 1 is 1.19 bits per heavy atom. The van der Waals surface area contributed by atoms with Crippen LogP contribution in [0, 0.1) is 0 Å². The van der Waals surface area contributed by atoms with Gasteiger partial charge in [0, 0.05) is 23.6 Å². The Morgan fingerprint density at radius 3 is 2.48 bits per heavy atom.